The lowest BCUT2D eigenvalue weighted by Gasteiger charge is -2.12. The van der Waals surface area contributed by atoms with Crippen molar-refractivity contribution >= 4 is 5.69 Å². The molecule has 0 saturated heterocycles. The first kappa shape index (κ1) is 14.0. The molecule has 0 fully saturated rings. The minimum absolute atomic E-state index is 0.718. The summed E-state index contributed by atoms with van der Waals surface area (Å²) in [7, 11) is 1.66. The van der Waals surface area contributed by atoms with Gasteiger partial charge in [0, 0.05) is 11.3 Å². The topological polar surface area (TPSA) is 44.5 Å². The van der Waals surface area contributed by atoms with Gasteiger partial charge in [0.25, 0.3) is 0 Å². The highest BCUT2D eigenvalue weighted by molar-refractivity contribution is 5.71. The fraction of sp³-hybridized carbons (Fsp3) is 0.0526. The monoisotopic (exact) mass is 291 g/mol. The van der Waals surface area contributed by atoms with Gasteiger partial charge in [0.15, 0.2) is 0 Å². The predicted molar refractivity (Wildman–Crippen MR) is 89.4 cm³/mol. The van der Waals surface area contributed by atoms with Gasteiger partial charge in [-0.05, 0) is 48.0 Å². The molecule has 3 nitrogen and oxygen atoms in total. The Morgan fingerprint density at radius 2 is 1.36 bits per heavy atom. The predicted octanol–water partition coefficient (Wildman–Crippen LogP) is 4.74. The fourth-order valence-corrected chi connectivity index (χ4v) is 2.23. The molecule has 0 amide bonds. The molecule has 0 saturated carbocycles. The van der Waals surface area contributed by atoms with Crippen LogP contribution in [-0.2, 0) is 0 Å². The Bertz CT molecular complexity index is 749. The van der Waals surface area contributed by atoms with Crippen molar-refractivity contribution in [3.63, 3.8) is 0 Å². The number of anilines is 1. The number of para-hydroxylation sites is 1. The molecule has 0 aliphatic heterocycles. The smallest absolute Gasteiger partial charge is 0.135 e. The van der Waals surface area contributed by atoms with Gasteiger partial charge in [-0.15, -0.1) is 0 Å². The number of rotatable bonds is 4. The summed E-state index contributed by atoms with van der Waals surface area (Å²) >= 11 is 0. The number of methoxy groups -OCH3 is 1. The van der Waals surface area contributed by atoms with E-state index in [0.717, 1.165) is 34.1 Å². The summed E-state index contributed by atoms with van der Waals surface area (Å²) in [5.74, 6) is 2.40. The van der Waals surface area contributed by atoms with E-state index >= 15 is 0 Å². The molecule has 3 rings (SSSR count). The number of nitrogen functional groups attached to an aromatic ring is 1. The van der Waals surface area contributed by atoms with E-state index in [-0.39, 0.29) is 0 Å². The highest BCUT2D eigenvalue weighted by Crippen LogP contribution is 2.34. The summed E-state index contributed by atoms with van der Waals surface area (Å²) in [6, 6.07) is 23.2. The summed E-state index contributed by atoms with van der Waals surface area (Å²) in [6.07, 6.45) is 0. The second-order valence-electron chi connectivity index (χ2n) is 4.90. The third-order valence-electron chi connectivity index (χ3n) is 3.40. The minimum Gasteiger partial charge on any atom is -0.497 e. The molecule has 0 heterocycles. The third kappa shape index (κ3) is 3.04. The van der Waals surface area contributed by atoms with E-state index < -0.39 is 0 Å². The number of benzene rings is 3. The van der Waals surface area contributed by atoms with Crippen LogP contribution in [0, 0.1) is 0 Å². The van der Waals surface area contributed by atoms with Crippen LogP contribution in [-0.4, -0.2) is 7.11 Å². The van der Waals surface area contributed by atoms with Gasteiger partial charge >= 0.3 is 0 Å². The maximum atomic E-state index is 5.99. The quantitative estimate of drug-likeness (QED) is 0.706. The average molecular weight is 291 g/mol. The molecule has 2 N–H and O–H groups in total. The van der Waals surface area contributed by atoms with Crippen LogP contribution in [0.15, 0.2) is 72.8 Å². The van der Waals surface area contributed by atoms with E-state index in [1.54, 1.807) is 7.11 Å². The average Bonchev–Trinajstić information content (AvgIpc) is 2.58. The second-order valence-corrected chi connectivity index (χ2v) is 4.90. The molecule has 3 heteroatoms. The summed E-state index contributed by atoms with van der Waals surface area (Å²) in [4.78, 5) is 0. The van der Waals surface area contributed by atoms with Crippen LogP contribution in [0.2, 0.25) is 0 Å². The van der Waals surface area contributed by atoms with Crippen molar-refractivity contribution in [3.8, 4) is 28.4 Å². The third-order valence-corrected chi connectivity index (χ3v) is 3.40. The number of hydrogen-bond acceptors (Lipinski definition) is 3. The summed E-state index contributed by atoms with van der Waals surface area (Å²) in [5.41, 5.74) is 8.52. The van der Waals surface area contributed by atoms with Gasteiger partial charge in [0.05, 0.1) is 7.11 Å². The van der Waals surface area contributed by atoms with Crippen molar-refractivity contribution in [2.75, 3.05) is 12.8 Å². The summed E-state index contributed by atoms with van der Waals surface area (Å²) in [6.45, 7) is 0. The van der Waals surface area contributed by atoms with E-state index in [1.165, 1.54) is 0 Å². The second kappa shape index (κ2) is 6.22. The van der Waals surface area contributed by atoms with E-state index in [0.29, 0.717) is 0 Å². The summed E-state index contributed by atoms with van der Waals surface area (Å²) < 4.78 is 11.2. The van der Waals surface area contributed by atoms with Crippen molar-refractivity contribution in [3.05, 3.63) is 72.8 Å². The molecule has 0 radical (unpaired) electrons. The molecule has 0 atom stereocenters. The normalized spacial score (nSPS) is 10.2. The van der Waals surface area contributed by atoms with Crippen molar-refractivity contribution in [1.82, 2.24) is 0 Å². The van der Waals surface area contributed by atoms with Crippen LogP contribution < -0.4 is 15.2 Å². The maximum Gasteiger partial charge on any atom is 0.135 e. The van der Waals surface area contributed by atoms with Gasteiger partial charge in [-0.1, -0.05) is 30.3 Å². The number of hydrogen-bond donors (Lipinski definition) is 1. The first-order valence-electron chi connectivity index (χ1n) is 7.03. The van der Waals surface area contributed by atoms with Crippen LogP contribution in [0.5, 0.6) is 17.2 Å². The molecular formula is C19H17NO2. The molecule has 3 aromatic rings. The van der Waals surface area contributed by atoms with Crippen LogP contribution in [0.3, 0.4) is 0 Å². The molecular weight excluding hydrogens is 274 g/mol. The molecule has 0 unspecified atom stereocenters. The summed E-state index contributed by atoms with van der Waals surface area (Å²) in [5, 5.41) is 0. The molecule has 3 aromatic carbocycles. The zero-order valence-corrected chi connectivity index (χ0v) is 12.3. The first-order valence-corrected chi connectivity index (χ1v) is 7.03. The zero-order chi connectivity index (χ0) is 15.4. The lowest BCUT2D eigenvalue weighted by atomic mass is 10.0. The van der Waals surface area contributed by atoms with Gasteiger partial charge in [-0.2, -0.15) is 0 Å². The zero-order valence-electron chi connectivity index (χ0n) is 12.3. The molecule has 110 valence electrons. The molecule has 0 aliphatic carbocycles. The largest absolute Gasteiger partial charge is 0.497 e. The van der Waals surface area contributed by atoms with Crippen LogP contribution >= 0.6 is 0 Å². The van der Waals surface area contributed by atoms with E-state index in [4.69, 9.17) is 15.2 Å². The van der Waals surface area contributed by atoms with E-state index in [1.807, 2.05) is 72.8 Å². The molecule has 22 heavy (non-hydrogen) atoms. The fourth-order valence-electron chi connectivity index (χ4n) is 2.23. The first-order chi connectivity index (χ1) is 10.8. The number of nitrogens with two attached hydrogens (primary N) is 1. The Morgan fingerprint density at radius 1 is 0.727 bits per heavy atom. The van der Waals surface area contributed by atoms with Crippen molar-refractivity contribution < 1.29 is 9.47 Å². The van der Waals surface area contributed by atoms with Crippen LogP contribution in [0.1, 0.15) is 0 Å². The lowest BCUT2D eigenvalue weighted by molar-refractivity contribution is 0.415. The highest BCUT2D eigenvalue weighted by atomic mass is 16.5. The van der Waals surface area contributed by atoms with Crippen LogP contribution in [0.25, 0.3) is 11.1 Å². The highest BCUT2D eigenvalue weighted by Gasteiger charge is 2.07. The minimum atomic E-state index is 0.718. The Balaban J connectivity index is 1.93. The van der Waals surface area contributed by atoms with Crippen molar-refractivity contribution in [2.45, 2.75) is 0 Å². The van der Waals surface area contributed by atoms with Gasteiger partial charge in [-0.3, -0.25) is 0 Å². The van der Waals surface area contributed by atoms with Crippen LogP contribution in [0.4, 0.5) is 5.69 Å². The van der Waals surface area contributed by atoms with E-state index in [9.17, 15) is 0 Å². The maximum absolute atomic E-state index is 5.99. The Kier molecular flexibility index (Phi) is 3.97. The van der Waals surface area contributed by atoms with Gasteiger partial charge in [0.2, 0.25) is 0 Å². The van der Waals surface area contributed by atoms with Crippen molar-refractivity contribution in [2.24, 2.45) is 0 Å². The molecule has 0 aromatic heterocycles. The van der Waals surface area contributed by atoms with Gasteiger partial charge in [0.1, 0.15) is 17.2 Å². The lowest BCUT2D eigenvalue weighted by Crippen LogP contribution is -1.89. The van der Waals surface area contributed by atoms with Crippen molar-refractivity contribution in [1.29, 1.82) is 0 Å². The Morgan fingerprint density at radius 3 is 2.05 bits per heavy atom. The SMILES string of the molecule is COc1ccc(-c2ccccc2Oc2ccc(N)cc2)cc1. The Labute approximate surface area is 129 Å². The molecule has 0 bridgehead atoms. The van der Waals surface area contributed by atoms with Gasteiger partial charge in [-0.25, -0.2) is 0 Å². The standard InChI is InChI=1S/C19H17NO2/c1-21-16-10-6-14(7-11-16)18-4-2-3-5-19(18)22-17-12-8-15(20)9-13-17/h2-13H,20H2,1H3. The van der Waals surface area contributed by atoms with E-state index in [2.05, 4.69) is 0 Å². The molecule has 0 aliphatic rings. The number of ether oxygens (including phenoxy) is 2. The Hall–Kier alpha value is -2.94. The van der Waals surface area contributed by atoms with Gasteiger partial charge < -0.3 is 15.2 Å². The molecule has 0 spiro atoms.